The van der Waals surface area contributed by atoms with Crippen molar-refractivity contribution >= 4 is 65.4 Å². The fourth-order valence-corrected chi connectivity index (χ4v) is 9.43. The molecule has 0 saturated carbocycles. The van der Waals surface area contributed by atoms with Crippen LogP contribution in [0.2, 0.25) is 0 Å². The van der Waals surface area contributed by atoms with Crippen molar-refractivity contribution in [2.24, 2.45) is 0 Å². The second-order valence-corrected chi connectivity index (χ2v) is 14.7. The molecule has 12 rings (SSSR count). The molecule has 4 nitrogen and oxygen atoms in total. The van der Waals surface area contributed by atoms with Gasteiger partial charge in [0, 0.05) is 72.9 Å². The first-order valence-corrected chi connectivity index (χ1v) is 19.5. The van der Waals surface area contributed by atoms with Crippen LogP contribution in [0.1, 0.15) is 0 Å². The zero-order valence-corrected chi connectivity index (χ0v) is 30.9. The van der Waals surface area contributed by atoms with Gasteiger partial charge in [-0.2, -0.15) is 0 Å². The molecule has 0 aliphatic carbocycles. The summed E-state index contributed by atoms with van der Waals surface area (Å²) in [7, 11) is 0. The molecule has 0 aliphatic rings. The van der Waals surface area contributed by atoms with Crippen molar-refractivity contribution in [1.82, 2.24) is 18.7 Å². The van der Waals surface area contributed by atoms with Crippen LogP contribution in [0.15, 0.2) is 207 Å². The van der Waals surface area contributed by atoms with Gasteiger partial charge < -0.3 is 13.7 Å². The van der Waals surface area contributed by atoms with Crippen molar-refractivity contribution in [2.75, 3.05) is 0 Å². The summed E-state index contributed by atoms with van der Waals surface area (Å²) in [6.07, 6.45) is 3.92. The molecule has 0 aliphatic heterocycles. The number of hydrogen-bond acceptors (Lipinski definition) is 1. The van der Waals surface area contributed by atoms with E-state index >= 15 is 0 Å². The molecular weight excluding hydrogens is 693 g/mol. The van der Waals surface area contributed by atoms with E-state index in [2.05, 4.69) is 213 Å². The highest BCUT2D eigenvalue weighted by atomic mass is 15.0. The Balaban J connectivity index is 1.35. The predicted octanol–water partition coefficient (Wildman–Crippen LogP) is 13.7. The number of fused-ring (bicyclic) bond motifs is 10. The topological polar surface area (TPSA) is 27.7 Å². The van der Waals surface area contributed by atoms with Gasteiger partial charge in [-0.3, -0.25) is 4.98 Å². The normalized spacial score (nSPS) is 11.9. The monoisotopic (exact) mass is 726 g/mol. The molecule has 4 heterocycles. The molecule has 12 aromatic rings. The van der Waals surface area contributed by atoms with E-state index in [-0.39, 0.29) is 0 Å². The lowest BCUT2D eigenvalue weighted by atomic mass is 9.86. The Morgan fingerprint density at radius 2 is 0.754 bits per heavy atom. The molecule has 0 amide bonds. The number of aromatic nitrogens is 4. The fraction of sp³-hybridized carbons (Fsp3) is 0. The number of benzene rings is 8. The minimum Gasteiger partial charge on any atom is -0.309 e. The van der Waals surface area contributed by atoms with Gasteiger partial charge in [0.2, 0.25) is 0 Å². The van der Waals surface area contributed by atoms with E-state index in [4.69, 9.17) is 0 Å². The molecule has 0 spiro atoms. The summed E-state index contributed by atoms with van der Waals surface area (Å²) in [5, 5.41) is 7.19. The van der Waals surface area contributed by atoms with Crippen LogP contribution in [0, 0.1) is 0 Å². The lowest BCUT2D eigenvalue weighted by molar-refractivity contribution is 1.15. The van der Waals surface area contributed by atoms with Gasteiger partial charge >= 0.3 is 0 Å². The summed E-state index contributed by atoms with van der Waals surface area (Å²) >= 11 is 0. The van der Waals surface area contributed by atoms with Crippen molar-refractivity contribution in [3.05, 3.63) is 207 Å². The third-order valence-electron chi connectivity index (χ3n) is 11.7. The highest BCUT2D eigenvalue weighted by Crippen LogP contribution is 2.52. The number of para-hydroxylation sites is 5. The van der Waals surface area contributed by atoms with Gasteiger partial charge in [0.05, 0.1) is 33.1 Å². The molecule has 0 N–H and O–H groups in total. The lowest BCUT2D eigenvalue weighted by Crippen LogP contribution is -2.00. The van der Waals surface area contributed by atoms with Crippen molar-refractivity contribution < 1.29 is 0 Å². The van der Waals surface area contributed by atoms with Crippen molar-refractivity contribution in [1.29, 1.82) is 0 Å². The quantitative estimate of drug-likeness (QED) is 0.174. The van der Waals surface area contributed by atoms with Crippen LogP contribution < -0.4 is 0 Å². The summed E-state index contributed by atoms with van der Waals surface area (Å²) in [6.45, 7) is 0. The Bertz CT molecular complexity index is 3480. The third-order valence-corrected chi connectivity index (χ3v) is 11.7. The zero-order chi connectivity index (χ0) is 37.5. The Labute approximate surface area is 328 Å². The van der Waals surface area contributed by atoms with E-state index in [1.54, 1.807) is 0 Å². The second kappa shape index (κ2) is 12.4. The smallest absolute Gasteiger partial charge is 0.0795 e. The number of hydrogen-bond donors (Lipinski definition) is 0. The fourth-order valence-electron chi connectivity index (χ4n) is 9.43. The first-order chi connectivity index (χ1) is 28.3. The largest absolute Gasteiger partial charge is 0.309 e. The molecule has 0 atom stereocenters. The first kappa shape index (κ1) is 31.6. The molecule has 0 fully saturated rings. The second-order valence-electron chi connectivity index (χ2n) is 14.7. The summed E-state index contributed by atoms with van der Waals surface area (Å²) in [5.41, 5.74) is 15.2. The maximum absolute atomic E-state index is 4.65. The Morgan fingerprint density at radius 3 is 1.32 bits per heavy atom. The van der Waals surface area contributed by atoms with Crippen LogP contribution in [-0.2, 0) is 0 Å². The van der Waals surface area contributed by atoms with Crippen LogP contribution in [0.5, 0.6) is 0 Å². The minimum absolute atomic E-state index is 1.13. The van der Waals surface area contributed by atoms with Crippen molar-refractivity contribution in [3.63, 3.8) is 0 Å². The standard InChI is InChI=1S/C53H34N4/c1-5-17-35(18-6-1)48-49(36-29-30-46-42(33-36)43-34-54-32-31-47(43)55(46)37-19-7-2-8-20-37)51-41-26-14-16-28-45(41)57(39-23-11-4-12-24-39)53(51)52-50(48)40-25-13-15-27-44(40)56(52)38-21-9-3-10-22-38/h1-34H. The first-order valence-electron chi connectivity index (χ1n) is 19.5. The number of pyridine rings is 1. The zero-order valence-electron chi connectivity index (χ0n) is 30.9. The molecule has 4 heteroatoms. The molecule has 57 heavy (non-hydrogen) atoms. The molecule has 0 bridgehead atoms. The Morgan fingerprint density at radius 1 is 0.316 bits per heavy atom. The van der Waals surface area contributed by atoms with Gasteiger partial charge in [0.15, 0.2) is 0 Å². The van der Waals surface area contributed by atoms with Crippen LogP contribution in [0.3, 0.4) is 0 Å². The van der Waals surface area contributed by atoms with Gasteiger partial charge in [-0.05, 0) is 77.9 Å². The number of rotatable bonds is 5. The highest BCUT2D eigenvalue weighted by molar-refractivity contribution is 6.33. The van der Waals surface area contributed by atoms with E-state index in [1.165, 1.54) is 65.7 Å². The summed E-state index contributed by atoms with van der Waals surface area (Å²) in [4.78, 5) is 4.65. The van der Waals surface area contributed by atoms with Crippen LogP contribution in [-0.4, -0.2) is 18.7 Å². The van der Waals surface area contributed by atoms with E-state index in [0.29, 0.717) is 0 Å². The van der Waals surface area contributed by atoms with Crippen molar-refractivity contribution in [2.45, 2.75) is 0 Å². The van der Waals surface area contributed by atoms with Crippen molar-refractivity contribution in [3.8, 4) is 39.3 Å². The predicted molar refractivity (Wildman–Crippen MR) is 238 cm³/mol. The van der Waals surface area contributed by atoms with Gasteiger partial charge in [-0.25, -0.2) is 0 Å². The van der Waals surface area contributed by atoms with E-state index in [9.17, 15) is 0 Å². The summed E-state index contributed by atoms with van der Waals surface area (Å²) < 4.78 is 7.35. The molecule has 0 saturated heterocycles. The summed E-state index contributed by atoms with van der Waals surface area (Å²) in [5.74, 6) is 0. The Kier molecular flexibility index (Phi) is 6.89. The van der Waals surface area contributed by atoms with Crippen LogP contribution >= 0.6 is 0 Å². The highest BCUT2D eigenvalue weighted by Gasteiger charge is 2.29. The maximum atomic E-state index is 4.65. The average molecular weight is 727 g/mol. The minimum atomic E-state index is 1.13. The van der Waals surface area contributed by atoms with Gasteiger partial charge in [0.1, 0.15) is 0 Å². The van der Waals surface area contributed by atoms with Crippen LogP contribution in [0.25, 0.3) is 105 Å². The molecule has 4 aromatic heterocycles. The van der Waals surface area contributed by atoms with Gasteiger partial charge in [-0.1, -0.05) is 127 Å². The SMILES string of the molecule is c1ccc(-c2c(-c3ccc4c(c3)c3cnccc3n4-c3ccccc3)c3c4ccccc4n(-c4ccccc4)c3c3c2c2ccccc2n3-c2ccccc2)cc1. The van der Waals surface area contributed by atoms with E-state index < -0.39 is 0 Å². The lowest BCUT2D eigenvalue weighted by Gasteiger charge is -2.19. The molecule has 266 valence electrons. The van der Waals surface area contributed by atoms with E-state index in [0.717, 1.165) is 39.0 Å². The van der Waals surface area contributed by atoms with Crippen LogP contribution in [0.4, 0.5) is 0 Å². The molecule has 8 aromatic carbocycles. The molecule has 0 radical (unpaired) electrons. The number of nitrogens with zero attached hydrogens (tertiary/aromatic N) is 4. The molecular formula is C53H34N4. The van der Waals surface area contributed by atoms with Gasteiger partial charge in [-0.15, -0.1) is 0 Å². The Hall–Kier alpha value is -7.69. The average Bonchev–Trinajstić information content (AvgIpc) is 3.93. The maximum Gasteiger partial charge on any atom is 0.0795 e. The van der Waals surface area contributed by atoms with Gasteiger partial charge in [0.25, 0.3) is 0 Å². The summed E-state index contributed by atoms with van der Waals surface area (Å²) in [6, 6.07) is 70.4. The molecule has 0 unspecified atom stereocenters. The third kappa shape index (κ3) is 4.59. The van der Waals surface area contributed by atoms with E-state index in [1.807, 2.05) is 12.4 Å².